The topological polar surface area (TPSA) is 61.5 Å². The number of halogens is 2. The molecule has 0 spiro atoms. The molecular formula is C15H13Cl2NO3. The van der Waals surface area contributed by atoms with Gasteiger partial charge in [0.05, 0.1) is 18.4 Å². The fourth-order valence-electron chi connectivity index (χ4n) is 1.73. The molecule has 6 heteroatoms. The molecule has 0 heterocycles. The molecular weight excluding hydrogens is 313 g/mol. The molecule has 0 aliphatic rings. The first-order valence-corrected chi connectivity index (χ1v) is 6.81. The second kappa shape index (κ2) is 6.70. The fourth-order valence-corrected chi connectivity index (χ4v) is 2.10. The number of esters is 1. The van der Waals surface area contributed by atoms with Gasteiger partial charge in [-0.2, -0.15) is 0 Å². The van der Waals surface area contributed by atoms with E-state index in [1.54, 1.807) is 30.3 Å². The SMILES string of the molecule is COC(=O)c1ccc(OCc2cc(Cl)ccc2Cl)c(N)c1. The smallest absolute Gasteiger partial charge is 0.337 e. The third-order valence-electron chi connectivity index (χ3n) is 2.82. The van der Waals surface area contributed by atoms with Gasteiger partial charge in [-0.3, -0.25) is 0 Å². The zero-order valence-electron chi connectivity index (χ0n) is 11.2. The molecule has 0 aliphatic carbocycles. The van der Waals surface area contributed by atoms with Gasteiger partial charge in [-0.25, -0.2) is 4.79 Å². The van der Waals surface area contributed by atoms with Crippen molar-refractivity contribution >= 4 is 34.9 Å². The van der Waals surface area contributed by atoms with E-state index in [0.29, 0.717) is 27.0 Å². The molecule has 0 saturated carbocycles. The Bertz CT molecular complexity index is 674. The summed E-state index contributed by atoms with van der Waals surface area (Å²) in [4.78, 5) is 11.4. The molecule has 0 saturated heterocycles. The van der Waals surface area contributed by atoms with Crippen molar-refractivity contribution in [3.63, 3.8) is 0 Å². The molecule has 2 aromatic rings. The number of rotatable bonds is 4. The third kappa shape index (κ3) is 3.80. The minimum atomic E-state index is -0.453. The number of methoxy groups -OCH3 is 1. The summed E-state index contributed by atoms with van der Waals surface area (Å²) in [5.41, 5.74) is 7.31. The minimum absolute atomic E-state index is 0.223. The highest BCUT2D eigenvalue weighted by molar-refractivity contribution is 6.33. The van der Waals surface area contributed by atoms with Crippen molar-refractivity contribution in [2.24, 2.45) is 0 Å². The number of carbonyl (C=O) groups excluding carboxylic acids is 1. The fraction of sp³-hybridized carbons (Fsp3) is 0.133. The summed E-state index contributed by atoms with van der Waals surface area (Å²) in [7, 11) is 1.31. The largest absolute Gasteiger partial charge is 0.487 e. The molecule has 2 rings (SSSR count). The van der Waals surface area contributed by atoms with Gasteiger partial charge >= 0.3 is 5.97 Å². The van der Waals surface area contributed by atoms with E-state index in [1.165, 1.54) is 13.2 Å². The maximum atomic E-state index is 11.4. The number of hydrogen-bond acceptors (Lipinski definition) is 4. The molecule has 0 unspecified atom stereocenters. The molecule has 0 amide bonds. The lowest BCUT2D eigenvalue weighted by molar-refractivity contribution is 0.0600. The number of ether oxygens (including phenoxy) is 2. The monoisotopic (exact) mass is 325 g/mol. The third-order valence-corrected chi connectivity index (χ3v) is 3.43. The van der Waals surface area contributed by atoms with E-state index in [2.05, 4.69) is 4.74 Å². The average molecular weight is 326 g/mol. The van der Waals surface area contributed by atoms with Gasteiger partial charge in [0.2, 0.25) is 0 Å². The highest BCUT2D eigenvalue weighted by Crippen LogP contribution is 2.26. The molecule has 0 radical (unpaired) electrons. The number of carbonyl (C=O) groups is 1. The maximum absolute atomic E-state index is 11.4. The van der Waals surface area contributed by atoms with E-state index in [0.717, 1.165) is 5.56 Å². The summed E-state index contributed by atoms with van der Waals surface area (Å²) in [5.74, 6) is 0.00447. The number of hydrogen-bond donors (Lipinski definition) is 1. The van der Waals surface area contributed by atoms with Gasteiger partial charge in [0.1, 0.15) is 12.4 Å². The average Bonchev–Trinajstić information content (AvgIpc) is 2.48. The second-order valence-corrected chi connectivity index (χ2v) is 5.11. The molecule has 0 fully saturated rings. The first kappa shape index (κ1) is 15.5. The van der Waals surface area contributed by atoms with Gasteiger partial charge in [-0.1, -0.05) is 23.2 Å². The van der Waals surface area contributed by atoms with E-state index in [-0.39, 0.29) is 6.61 Å². The van der Waals surface area contributed by atoms with Crippen molar-refractivity contribution in [3.05, 3.63) is 57.6 Å². The lowest BCUT2D eigenvalue weighted by Crippen LogP contribution is -2.04. The maximum Gasteiger partial charge on any atom is 0.337 e. The highest BCUT2D eigenvalue weighted by atomic mass is 35.5. The first-order chi connectivity index (χ1) is 10.0. The first-order valence-electron chi connectivity index (χ1n) is 6.06. The van der Waals surface area contributed by atoms with Crippen LogP contribution in [0.15, 0.2) is 36.4 Å². The Balaban J connectivity index is 2.13. The Morgan fingerprint density at radius 3 is 2.62 bits per heavy atom. The Labute approximate surface area is 132 Å². The summed E-state index contributed by atoms with van der Waals surface area (Å²) >= 11 is 12.0. The second-order valence-electron chi connectivity index (χ2n) is 4.27. The van der Waals surface area contributed by atoms with Crippen LogP contribution in [0.2, 0.25) is 10.0 Å². The van der Waals surface area contributed by atoms with Crippen LogP contribution >= 0.6 is 23.2 Å². The molecule has 2 aromatic carbocycles. The van der Waals surface area contributed by atoms with Crippen LogP contribution in [0.1, 0.15) is 15.9 Å². The Kier molecular flexibility index (Phi) is 4.94. The molecule has 4 nitrogen and oxygen atoms in total. The van der Waals surface area contributed by atoms with Crippen LogP contribution < -0.4 is 10.5 Å². The van der Waals surface area contributed by atoms with Crippen LogP contribution in [0.3, 0.4) is 0 Å². The van der Waals surface area contributed by atoms with Crippen LogP contribution in [-0.4, -0.2) is 13.1 Å². The quantitative estimate of drug-likeness (QED) is 0.683. The lowest BCUT2D eigenvalue weighted by Gasteiger charge is -2.11. The Morgan fingerprint density at radius 1 is 1.19 bits per heavy atom. The normalized spacial score (nSPS) is 10.2. The summed E-state index contributed by atoms with van der Waals surface area (Å²) in [6.07, 6.45) is 0. The molecule has 110 valence electrons. The summed E-state index contributed by atoms with van der Waals surface area (Å²) in [5, 5.41) is 1.14. The van der Waals surface area contributed by atoms with Crippen LogP contribution in [0.4, 0.5) is 5.69 Å². The van der Waals surface area contributed by atoms with Crippen LogP contribution in [0.5, 0.6) is 5.75 Å². The van der Waals surface area contributed by atoms with E-state index >= 15 is 0 Å². The van der Waals surface area contributed by atoms with Crippen molar-refractivity contribution in [2.45, 2.75) is 6.61 Å². The number of nitrogens with two attached hydrogens (primary N) is 1. The molecule has 0 aliphatic heterocycles. The zero-order valence-corrected chi connectivity index (χ0v) is 12.7. The highest BCUT2D eigenvalue weighted by Gasteiger charge is 2.10. The van der Waals surface area contributed by atoms with Crippen molar-refractivity contribution in [3.8, 4) is 5.75 Å². The van der Waals surface area contributed by atoms with Gasteiger partial charge in [0, 0.05) is 15.6 Å². The molecule has 2 N–H and O–H groups in total. The van der Waals surface area contributed by atoms with Crippen LogP contribution in [-0.2, 0) is 11.3 Å². The van der Waals surface area contributed by atoms with Gasteiger partial charge in [-0.05, 0) is 36.4 Å². The minimum Gasteiger partial charge on any atom is -0.487 e. The van der Waals surface area contributed by atoms with Crippen molar-refractivity contribution in [1.82, 2.24) is 0 Å². The Hall–Kier alpha value is -1.91. The summed E-state index contributed by atoms with van der Waals surface area (Å²) in [6, 6.07) is 9.82. The zero-order chi connectivity index (χ0) is 15.4. The van der Waals surface area contributed by atoms with Gasteiger partial charge in [0.15, 0.2) is 0 Å². The van der Waals surface area contributed by atoms with Gasteiger partial charge < -0.3 is 15.2 Å². The van der Waals surface area contributed by atoms with E-state index in [9.17, 15) is 4.79 Å². The van der Waals surface area contributed by atoms with Crippen molar-refractivity contribution < 1.29 is 14.3 Å². The van der Waals surface area contributed by atoms with E-state index < -0.39 is 5.97 Å². The lowest BCUT2D eigenvalue weighted by atomic mass is 10.2. The Morgan fingerprint density at radius 2 is 1.95 bits per heavy atom. The van der Waals surface area contributed by atoms with Crippen molar-refractivity contribution in [1.29, 1.82) is 0 Å². The number of benzene rings is 2. The van der Waals surface area contributed by atoms with Gasteiger partial charge in [0.25, 0.3) is 0 Å². The molecule has 21 heavy (non-hydrogen) atoms. The number of anilines is 1. The van der Waals surface area contributed by atoms with E-state index in [4.69, 9.17) is 33.7 Å². The number of nitrogen functional groups attached to an aromatic ring is 1. The van der Waals surface area contributed by atoms with Crippen molar-refractivity contribution in [2.75, 3.05) is 12.8 Å². The van der Waals surface area contributed by atoms with E-state index in [1.807, 2.05) is 0 Å². The molecule has 0 aromatic heterocycles. The predicted octanol–water partition coefficient (Wildman–Crippen LogP) is 3.94. The molecule has 0 bridgehead atoms. The standard InChI is InChI=1S/C15H13Cl2NO3/c1-20-15(19)9-2-5-14(13(18)7-9)21-8-10-6-11(16)3-4-12(10)17/h2-7H,8,18H2,1H3. The summed E-state index contributed by atoms with van der Waals surface area (Å²) in [6.45, 7) is 0.223. The predicted molar refractivity (Wildman–Crippen MR) is 83.0 cm³/mol. The summed E-state index contributed by atoms with van der Waals surface area (Å²) < 4.78 is 10.2. The molecule has 0 atom stereocenters. The van der Waals surface area contributed by atoms with Crippen LogP contribution in [0, 0.1) is 0 Å². The van der Waals surface area contributed by atoms with Crippen LogP contribution in [0.25, 0.3) is 0 Å². The van der Waals surface area contributed by atoms with Gasteiger partial charge in [-0.15, -0.1) is 0 Å².